The molecule has 1 atom stereocenters. The summed E-state index contributed by atoms with van der Waals surface area (Å²) in [5.74, 6) is 0.297. The molecule has 0 radical (unpaired) electrons. The minimum absolute atomic E-state index is 0.00385. The van der Waals surface area contributed by atoms with Gasteiger partial charge in [0.2, 0.25) is 0 Å². The molecule has 0 aliphatic carbocycles. The average Bonchev–Trinajstić information content (AvgIpc) is 3.47. The number of esters is 1. The van der Waals surface area contributed by atoms with E-state index in [-0.39, 0.29) is 5.75 Å². The molecule has 32 heavy (non-hydrogen) atoms. The Morgan fingerprint density at radius 3 is 2.69 bits per heavy atom. The quantitative estimate of drug-likeness (QED) is 0.314. The van der Waals surface area contributed by atoms with Gasteiger partial charge in [0.15, 0.2) is 22.8 Å². The number of thioether (sulfide) groups is 1. The van der Waals surface area contributed by atoms with Crippen molar-refractivity contribution >= 4 is 40.1 Å². The third kappa shape index (κ3) is 4.83. The molecule has 9 heteroatoms. The van der Waals surface area contributed by atoms with E-state index in [1.54, 1.807) is 25.3 Å². The van der Waals surface area contributed by atoms with Crippen molar-refractivity contribution in [1.29, 1.82) is 0 Å². The second kappa shape index (κ2) is 9.69. The Morgan fingerprint density at radius 2 is 1.94 bits per heavy atom. The summed E-state index contributed by atoms with van der Waals surface area (Å²) in [7, 11) is 0. The van der Waals surface area contributed by atoms with Crippen LogP contribution >= 0.6 is 11.8 Å². The zero-order valence-corrected chi connectivity index (χ0v) is 18.5. The van der Waals surface area contributed by atoms with Gasteiger partial charge in [-0.05, 0) is 48.9 Å². The highest BCUT2D eigenvalue weighted by molar-refractivity contribution is 7.99. The first-order valence-corrected chi connectivity index (χ1v) is 11.1. The monoisotopic (exact) mass is 450 g/mol. The highest BCUT2D eigenvalue weighted by atomic mass is 32.2. The van der Waals surface area contributed by atoms with Crippen LogP contribution in [0.4, 0.5) is 5.69 Å². The minimum atomic E-state index is -0.933. The molecule has 2 aromatic carbocycles. The number of furan rings is 1. The van der Waals surface area contributed by atoms with E-state index in [1.165, 1.54) is 11.8 Å². The van der Waals surface area contributed by atoms with E-state index >= 15 is 0 Å². The van der Waals surface area contributed by atoms with Crippen LogP contribution in [-0.2, 0) is 20.9 Å². The zero-order chi connectivity index (χ0) is 22.5. The number of rotatable bonds is 8. The van der Waals surface area contributed by atoms with Crippen LogP contribution in [0, 0.1) is 0 Å². The SMILES string of the molecule is CCn1c(SCC(=O)OC(C)C(=O)Nc2ccc3ccccc3c2)nnc1-c1ccco1. The van der Waals surface area contributed by atoms with Crippen molar-refractivity contribution in [3.05, 3.63) is 60.9 Å². The Morgan fingerprint density at radius 1 is 1.12 bits per heavy atom. The maximum Gasteiger partial charge on any atom is 0.317 e. The first-order chi connectivity index (χ1) is 15.5. The number of nitrogens with zero attached hydrogens (tertiary/aromatic N) is 3. The summed E-state index contributed by atoms with van der Waals surface area (Å²) in [6, 6.07) is 17.1. The molecule has 0 saturated heterocycles. The van der Waals surface area contributed by atoms with E-state index in [2.05, 4.69) is 15.5 Å². The number of carbonyl (C=O) groups excluding carboxylic acids is 2. The van der Waals surface area contributed by atoms with Crippen LogP contribution in [0.5, 0.6) is 0 Å². The smallest absolute Gasteiger partial charge is 0.317 e. The lowest BCUT2D eigenvalue weighted by atomic mass is 10.1. The highest BCUT2D eigenvalue weighted by Gasteiger charge is 2.20. The van der Waals surface area contributed by atoms with Crippen molar-refractivity contribution in [3.8, 4) is 11.6 Å². The topological polar surface area (TPSA) is 99.2 Å². The third-order valence-electron chi connectivity index (χ3n) is 4.79. The van der Waals surface area contributed by atoms with Gasteiger partial charge in [-0.1, -0.05) is 42.1 Å². The predicted molar refractivity (Wildman–Crippen MR) is 122 cm³/mol. The predicted octanol–water partition coefficient (Wildman–Crippen LogP) is 4.37. The normalized spacial score (nSPS) is 11.9. The van der Waals surface area contributed by atoms with Crippen LogP contribution < -0.4 is 5.32 Å². The number of ether oxygens (including phenoxy) is 1. The van der Waals surface area contributed by atoms with Crippen molar-refractivity contribution in [2.45, 2.75) is 31.7 Å². The van der Waals surface area contributed by atoms with Gasteiger partial charge in [0.05, 0.1) is 12.0 Å². The standard InChI is InChI=1S/C23H22N4O4S/c1-3-27-21(19-9-6-12-30-19)25-26-23(27)32-14-20(28)31-15(2)22(29)24-18-11-10-16-7-4-5-8-17(16)13-18/h4-13,15H,3,14H2,1-2H3,(H,24,29). The van der Waals surface area contributed by atoms with Gasteiger partial charge in [-0.2, -0.15) is 0 Å². The van der Waals surface area contributed by atoms with E-state index in [0.717, 1.165) is 10.8 Å². The van der Waals surface area contributed by atoms with E-state index in [9.17, 15) is 9.59 Å². The van der Waals surface area contributed by atoms with E-state index < -0.39 is 18.0 Å². The van der Waals surface area contributed by atoms with Gasteiger partial charge in [-0.15, -0.1) is 10.2 Å². The first-order valence-electron chi connectivity index (χ1n) is 10.1. The Balaban J connectivity index is 1.32. The van der Waals surface area contributed by atoms with Crippen LogP contribution in [0.15, 0.2) is 70.4 Å². The Labute approximate surface area is 189 Å². The van der Waals surface area contributed by atoms with E-state index in [4.69, 9.17) is 9.15 Å². The number of fused-ring (bicyclic) bond motifs is 1. The number of benzene rings is 2. The molecular formula is C23H22N4O4S. The summed E-state index contributed by atoms with van der Waals surface area (Å²) < 4.78 is 12.5. The third-order valence-corrected chi connectivity index (χ3v) is 5.73. The second-order valence-corrected chi connectivity index (χ2v) is 7.94. The summed E-state index contributed by atoms with van der Waals surface area (Å²) >= 11 is 1.20. The number of aromatic nitrogens is 3. The Bertz CT molecular complexity index is 1240. The molecule has 8 nitrogen and oxygen atoms in total. The van der Waals surface area contributed by atoms with Crippen LogP contribution in [-0.4, -0.2) is 38.5 Å². The highest BCUT2D eigenvalue weighted by Crippen LogP contribution is 2.24. The fourth-order valence-corrected chi connectivity index (χ4v) is 3.97. The molecule has 0 aliphatic heterocycles. The maximum atomic E-state index is 12.5. The Hall–Kier alpha value is -3.59. The van der Waals surface area contributed by atoms with Crippen LogP contribution in [0.2, 0.25) is 0 Å². The molecule has 1 amide bonds. The van der Waals surface area contributed by atoms with Crippen molar-refractivity contribution in [2.75, 3.05) is 11.1 Å². The first kappa shape index (κ1) is 21.6. The van der Waals surface area contributed by atoms with Crippen molar-refractivity contribution in [2.24, 2.45) is 0 Å². The lowest BCUT2D eigenvalue weighted by molar-refractivity contribution is -0.150. The molecule has 0 bridgehead atoms. The van der Waals surface area contributed by atoms with Crippen molar-refractivity contribution < 1.29 is 18.7 Å². The van der Waals surface area contributed by atoms with Gasteiger partial charge in [0, 0.05) is 12.2 Å². The largest absolute Gasteiger partial charge is 0.461 e. The van der Waals surface area contributed by atoms with Crippen LogP contribution in [0.1, 0.15) is 13.8 Å². The summed E-state index contributed by atoms with van der Waals surface area (Å²) in [6.07, 6.45) is 0.635. The lowest BCUT2D eigenvalue weighted by Gasteiger charge is -2.14. The molecule has 4 rings (SSSR count). The summed E-state index contributed by atoms with van der Waals surface area (Å²) in [4.78, 5) is 24.8. The molecule has 0 saturated carbocycles. The number of nitrogens with one attached hydrogen (secondary N) is 1. The number of hydrogen-bond donors (Lipinski definition) is 1. The van der Waals surface area contributed by atoms with Crippen molar-refractivity contribution in [1.82, 2.24) is 14.8 Å². The van der Waals surface area contributed by atoms with Crippen molar-refractivity contribution in [3.63, 3.8) is 0 Å². The molecule has 1 unspecified atom stereocenters. The summed E-state index contributed by atoms with van der Waals surface area (Å²) in [5.41, 5.74) is 0.646. The number of hydrogen-bond acceptors (Lipinski definition) is 7. The molecule has 0 aliphatic rings. The molecule has 1 N–H and O–H groups in total. The molecular weight excluding hydrogens is 428 g/mol. The molecule has 2 aromatic heterocycles. The summed E-state index contributed by atoms with van der Waals surface area (Å²) in [5, 5.41) is 13.7. The van der Waals surface area contributed by atoms with Gasteiger partial charge < -0.3 is 14.5 Å². The molecule has 4 aromatic rings. The summed E-state index contributed by atoms with van der Waals surface area (Å²) in [6.45, 7) is 4.12. The fraction of sp³-hybridized carbons (Fsp3) is 0.217. The maximum absolute atomic E-state index is 12.5. The van der Waals surface area contributed by atoms with Gasteiger partial charge in [-0.25, -0.2) is 0 Å². The fourth-order valence-electron chi connectivity index (χ4n) is 3.19. The Kier molecular flexibility index (Phi) is 6.55. The lowest BCUT2D eigenvalue weighted by Crippen LogP contribution is -2.30. The van der Waals surface area contributed by atoms with E-state index in [1.807, 2.05) is 54.0 Å². The van der Waals surface area contributed by atoms with E-state index in [0.29, 0.717) is 29.0 Å². The van der Waals surface area contributed by atoms with Gasteiger partial charge >= 0.3 is 5.97 Å². The number of carbonyl (C=O) groups is 2. The molecule has 0 spiro atoms. The van der Waals surface area contributed by atoms with Crippen LogP contribution in [0.3, 0.4) is 0 Å². The minimum Gasteiger partial charge on any atom is -0.461 e. The zero-order valence-electron chi connectivity index (χ0n) is 17.6. The second-order valence-electron chi connectivity index (χ2n) is 7.00. The van der Waals surface area contributed by atoms with Crippen LogP contribution in [0.25, 0.3) is 22.4 Å². The average molecular weight is 451 g/mol. The van der Waals surface area contributed by atoms with Gasteiger partial charge in [-0.3, -0.25) is 14.2 Å². The number of anilines is 1. The molecule has 164 valence electrons. The van der Waals surface area contributed by atoms with Gasteiger partial charge in [0.25, 0.3) is 5.91 Å². The molecule has 2 heterocycles. The van der Waals surface area contributed by atoms with Gasteiger partial charge in [0.1, 0.15) is 0 Å². The number of amides is 1. The molecule has 0 fully saturated rings.